The maximum atomic E-state index is 13.2. The number of carbonyl (C=O) groups excluding carboxylic acids is 3. The van der Waals surface area contributed by atoms with Crippen LogP contribution in [0.4, 0.5) is 11.4 Å². The Hall–Kier alpha value is -4.30. The fourth-order valence-electron chi connectivity index (χ4n) is 3.50. The SMILES string of the molecule is COc1ccc(NC(=O)C(=O)Nn2c(C(=O)Nc3ccc(C)c(C)c3)cc3cc(Cl)ccc32)cc1. The number of aromatic nitrogens is 1. The number of nitrogens with zero attached hydrogens (tertiary/aromatic N) is 1. The molecule has 1 aromatic heterocycles. The number of fused-ring (bicyclic) bond motifs is 1. The van der Waals surface area contributed by atoms with E-state index in [0.717, 1.165) is 11.1 Å². The second-order valence-electron chi connectivity index (χ2n) is 7.94. The third-order valence-electron chi connectivity index (χ3n) is 5.53. The molecule has 35 heavy (non-hydrogen) atoms. The van der Waals surface area contributed by atoms with Gasteiger partial charge in [-0.25, -0.2) is 4.68 Å². The van der Waals surface area contributed by atoms with Crippen LogP contribution >= 0.6 is 11.6 Å². The van der Waals surface area contributed by atoms with Crippen molar-refractivity contribution in [3.8, 4) is 5.75 Å². The highest BCUT2D eigenvalue weighted by Crippen LogP contribution is 2.24. The van der Waals surface area contributed by atoms with Gasteiger partial charge < -0.3 is 15.4 Å². The van der Waals surface area contributed by atoms with Crippen molar-refractivity contribution in [2.24, 2.45) is 0 Å². The van der Waals surface area contributed by atoms with E-state index in [1.54, 1.807) is 54.6 Å². The van der Waals surface area contributed by atoms with Crippen molar-refractivity contribution in [1.29, 1.82) is 0 Å². The van der Waals surface area contributed by atoms with E-state index in [4.69, 9.17) is 16.3 Å². The molecule has 178 valence electrons. The zero-order valence-corrected chi connectivity index (χ0v) is 20.1. The summed E-state index contributed by atoms with van der Waals surface area (Å²) in [5, 5.41) is 6.46. The highest BCUT2D eigenvalue weighted by molar-refractivity contribution is 6.42. The van der Waals surface area contributed by atoms with Gasteiger partial charge in [-0.3, -0.25) is 19.8 Å². The topological polar surface area (TPSA) is 101 Å². The van der Waals surface area contributed by atoms with E-state index in [1.807, 2.05) is 26.0 Å². The normalized spacial score (nSPS) is 10.6. The van der Waals surface area contributed by atoms with Crippen molar-refractivity contribution in [3.05, 3.63) is 88.6 Å². The van der Waals surface area contributed by atoms with E-state index in [1.165, 1.54) is 11.8 Å². The fraction of sp³-hybridized carbons (Fsp3) is 0.115. The van der Waals surface area contributed by atoms with Crippen LogP contribution in [0, 0.1) is 13.8 Å². The number of hydrogen-bond acceptors (Lipinski definition) is 4. The first-order valence-corrected chi connectivity index (χ1v) is 11.1. The second-order valence-corrected chi connectivity index (χ2v) is 8.38. The van der Waals surface area contributed by atoms with E-state index in [2.05, 4.69) is 16.1 Å². The van der Waals surface area contributed by atoms with Crippen molar-refractivity contribution < 1.29 is 19.1 Å². The number of hydrogen-bond donors (Lipinski definition) is 3. The molecule has 3 amide bonds. The molecular weight excluding hydrogens is 468 g/mol. The summed E-state index contributed by atoms with van der Waals surface area (Å²) in [6, 6.07) is 18.7. The molecular formula is C26H23ClN4O4. The molecule has 0 aliphatic heterocycles. The highest BCUT2D eigenvalue weighted by atomic mass is 35.5. The minimum Gasteiger partial charge on any atom is -0.497 e. The fourth-order valence-corrected chi connectivity index (χ4v) is 3.68. The molecule has 0 unspecified atom stereocenters. The van der Waals surface area contributed by atoms with Crippen molar-refractivity contribution in [3.63, 3.8) is 0 Å². The summed E-state index contributed by atoms with van der Waals surface area (Å²) in [6.07, 6.45) is 0. The van der Waals surface area contributed by atoms with Crippen molar-refractivity contribution in [2.75, 3.05) is 23.2 Å². The lowest BCUT2D eigenvalue weighted by atomic mass is 10.1. The summed E-state index contributed by atoms with van der Waals surface area (Å²) in [4.78, 5) is 38.4. The number of anilines is 2. The van der Waals surface area contributed by atoms with Crippen LogP contribution in [-0.2, 0) is 9.59 Å². The molecule has 9 heteroatoms. The molecule has 4 rings (SSSR count). The number of methoxy groups -OCH3 is 1. The molecule has 0 fully saturated rings. The summed E-state index contributed by atoms with van der Waals surface area (Å²) in [5.74, 6) is -1.69. The molecule has 8 nitrogen and oxygen atoms in total. The number of rotatable bonds is 5. The van der Waals surface area contributed by atoms with Gasteiger partial charge in [0.2, 0.25) is 0 Å². The Balaban J connectivity index is 1.60. The first-order chi connectivity index (χ1) is 16.7. The molecule has 0 spiro atoms. The molecule has 1 heterocycles. The largest absolute Gasteiger partial charge is 0.497 e. The van der Waals surface area contributed by atoms with E-state index in [-0.39, 0.29) is 5.69 Å². The number of carbonyl (C=O) groups is 3. The van der Waals surface area contributed by atoms with Crippen LogP contribution in [0.3, 0.4) is 0 Å². The van der Waals surface area contributed by atoms with Crippen molar-refractivity contribution in [1.82, 2.24) is 4.68 Å². The van der Waals surface area contributed by atoms with Crippen LogP contribution in [0.1, 0.15) is 21.6 Å². The third kappa shape index (κ3) is 5.28. The average molecular weight is 491 g/mol. The molecule has 0 saturated heterocycles. The summed E-state index contributed by atoms with van der Waals surface area (Å²) in [5.41, 5.74) is 6.31. The molecule has 3 aromatic carbocycles. The van der Waals surface area contributed by atoms with Gasteiger partial charge in [-0.2, -0.15) is 0 Å². The summed E-state index contributed by atoms with van der Waals surface area (Å²) in [7, 11) is 1.53. The number of halogens is 1. The Bertz CT molecular complexity index is 1440. The predicted molar refractivity (Wildman–Crippen MR) is 137 cm³/mol. The Labute approximate surface area is 206 Å². The number of ether oxygens (including phenoxy) is 1. The smallest absolute Gasteiger partial charge is 0.328 e. The Kier molecular flexibility index (Phi) is 6.75. The minimum atomic E-state index is -0.950. The lowest BCUT2D eigenvalue weighted by molar-refractivity contribution is -0.133. The Morgan fingerprint density at radius 3 is 2.20 bits per heavy atom. The number of aryl methyl sites for hydroxylation is 2. The quantitative estimate of drug-likeness (QED) is 0.347. The number of benzene rings is 3. The van der Waals surface area contributed by atoms with E-state index in [9.17, 15) is 14.4 Å². The van der Waals surface area contributed by atoms with Crippen LogP contribution in [0.5, 0.6) is 5.75 Å². The molecule has 0 radical (unpaired) electrons. The van der Waals surface area contributed by atoms with Gasteiger partial charge in [-0.05, 0) is 85.6 Å². The predicted octanol–water partition coefficient (Wildman–Crippen LogP) is 4.88. The Morgan fingerprint density at radius 1 is 0.800 bits per heavy atom. The van der Waals surface area contributed by atoms with Crippen LogP contribution in [-0.4, -0.2) is 29.5 Å². The lowest BCUT2D eigenvalue weighted by Crippen LogP contribution is -2.36. The van der Waals surface area contributed by atoms with Gasteiger partial charge >= 0.3 is 11.8 Å². The van der Waals surface area contributed by atoms with Gasteiger partial charge in [0.1, 0.15) is 11.4 Å². The average Bonchev–Trinajstić information content (AvgIpc) is 3.19. The van der Waals surface area contributed by atoms with E-state index in [0.29, 0.717) is 33.0 Å². The molecule has 0 atom stereocenters. The standard InChI is InChI=1S/C26H23ClN4O4/c1-15-4-6-20(12-16(15)2)29-24(32)23-14-17-13-18(27)5-11-22(17)31(23)30-26(34)25(33)28-19-7-9-21(35-3)10-8-19/h4-14H,1-3H3,(H,28,33)(H,29,32)(H,30,34). The zero-order valence-electron chi connectivity index (χ0n) is 19.3. The monoisotopic (exact) mass is 490 g/mol. The zero-order chi connectivity index (χ0) is 25.1. The molecule has 3 N–H and O–H groups in total. The molecule has 0 aliphatic rings. The third-order valence-corrected chi connectivity index (χ3v) is 5.76. The van der Waals surface area contributed by atoms with Gasteiger partial charge in [-0.1, -0.05) is 17.7 Å². The highest BCUT2D eigenvalue weighted by Gasteiger charge is 2.21. The van der Waals surface area contributed by atoms with Crippen LogP contribution in [0.2, 0.25) is 5.02 Å². The maximum absolute atomic E-state index is 13.2. The molecule has 0 saturated carbocycles. The van der Waals surface area contributed by atoms with Gasteiger partial charge in [0, 0.05) is 21.8 Å². The molecule has 0 bridgehead atoms. The minimum absolute atomic E-state index is 0.131. The Morgan fingerprint density at radius 2 is 1.51 bits per heavy atom. The summed E-state index contributed by atoms with van der Waals surface area (Å²) < 4.78 is 6.36. The van der Waals surface area contributed by atoms with Crippen LogP contribution in [0.25, 0.3) is 10.9 Å². The van der Waals surface area contributed by atoms with Gasteiger partial charge in [0.05, 0.1) is 12.6 Å². The number of amides is 3. The van der Waals surface area contributed by atoms with Crippen LogP contribution < -0.4 is 20.8 Å². The van der Waals surface area contributed by atoms with Crippen molar-refractivity contribution >= 4 is 51.6 Å². The first-order valence-electron chi connectivity index (χ1n) is 10.7. The van der Waals surface area contributed by atoms with Gasteiger partial charge in [0.15, 0.2) is 0 Å². The van der Waals surface area contributed by atoms with Crippen LogP contribution in [0.15, 0.2) is 66.7 Å². The van der Waals surface area contributed by atoms with Crippen molar-refractivity contribution in [2.45, 2.75) is 13.8 Å². The lowest BCUT2D eigenvalue weighted by Gasteiger charge is -2.13. The van der Waals surface area contributed by atoms with Gasteiger partial charge in [0.25, 0.3) is 5.91 Å². The molecule has 0 aliphatic carbocycles. The van der Waals surface area contributed by atoms with Gasteiger partial charge in [-0.15, -0.1) is 0 Å². The first kappa shape index (κ1) is 23.8. The summed E-state index contributed by atoms with van der Waals surface area (Å²) in [6.45, 7) is 3.93. The maximum Gasteiger partial charge on any atom is 0.328 e. The van der Waals surface area contributed by atoms with E-state index < -0.39 is 17.7 Å². The summed E-state index contributed by atoms with van der Waals surface area (Å²) >= 11 is 6.12. The molecule has 4 aromatic rings. The second kappa shape index (κ2) is 9.90. The number of nitrogens with one attached hydrogen (secondary N) is 3. The van der Waals surface area contributed by atoms with E-state index >= 15 is 0 Å².